The average Bonchev–Trinajstić information content (AvgIpc) is 3.18. The minimum absolute atomic E-state index is 0.205. The van der Waals surface area contributed by atoms with E-state index in [0.717, 1.165) is 11.1 Å². The minimum atomic E-state index is -0.638. The Morgan fingerprint density at radius 2 is 1.77 bits per heavy atom. The highest BCUT2D eigenvalue weighted by atomic mass is 32.1. The predicted molar refractivity (Wildman–Crippen MR) is 136 cm³/mol. The van der Waals surface area contributed by atoms with E-state index >= 15 is 0 Å². The third-order valence-corrected chi connectivity index (χ3v) is 6.72. The molecule has 1 atom stereocenters. The first-order chi connectivity index (χ1) is 17.0. The number of hydrogen-bond acceptors (Lipinski definition) is 6. The standard InChI is InChI=1S/C27H22N4O3S/c1-17-23(25(32)30-20-6-4-3-5-7-20)24(19-8-10-21(34-2)11-9-19)31-26(33)22(35-27(31)29-17)16-18-12-14-28-15-13-18/h3-16,24H,1-2H3,(H,30,32). The molecule has 0 fully saturated rings. The van der Waals surface area contributed by atoms with Crippen LogP contribution in [-0.2, 0) is 4.79 Å². The highest BCUT2D eigenvalue weighted by Gasteiger charge is 2.32. The van der Waals surface area contributed by atoms with Gasteiger partial charge in [-0.1, -0.05) is 41.7 Å². The number of anilines is 1. The van der Waals surface area contributed by atoms with Crippen LogP contribution < -0.4 is 24.9 Å². The molecule has 0 bridgehead atoms. The summed E-state index contributed by atoms with van der Waals surface area (Å²) < 4.78 is 7.45. The molecular weight excluding hydrogens is 460 g/mol. The van der Waals surface area contributed by atoms with Crippen molar-refractivity contribution < 1.29 is 9.53 Å². The monoisotopic (exact) mass is 482 g/mol. The number of amides is 1. The molecule has 8 heteroatoms. The number of fused-ring (bicyclic) bond motifs is 1. The van der Waals surface area contributed by atoms with E-state index in [2.05, 4.69) is 15.3 Å². The smallest absolute Gasteiger partial charge is 0.271 e. The molecule has 0 saturated heterocycles. The van der Waals surface area contributed by atoms with E-state index in [1.807, 2.05) is 72.8 Å². The van der Waals surface area contributed by atoms with Gasteiger partial charge in [-0.2, -0.15) is 0 Å². The number of thiazole rings is 1. The van der Waals surface area contributed by atoms with Gasteiger partial charge in [0.25, 0.3) is 11.5 Å². The number of methoxy groups -OCH3 is 1. The summed E-state index contributed by atoms with van der Waals surface area (Å²) in [6, 6.07) is 19.7. The summed E-state index contributed by atoms with van der Waals surface area (Å²) in [7, 11) is 1.60. The van der Waals surface area contributed by atoms with Crippen molar-refractivity contribution in [3.8, 4) is 5.75 Å². The third kappa shape index (κ3) is 4.43. The van der Waals surface area contributed by atoms with Crippen LogP contribution in [0.15, 0.2) is 100 Å². The Kier molecular flexibility index (Phi) is 6.12. The summed E-state index contributed by atoms with van der Waals surface area (Å²) in [5.41, 5.74) is 3.10. The molecule has 1 unspecified atom stereocenters. The number of benzene rings is 2. The first kappa shape index (κ1) is 22.5. The van der Waals surface area contributed by atoms with Gasteiger partial charge in [-0.25, -0.2) is 4.99 Å². The number of carbonyl (C=O) groups is 1. The fraction of sp³-hybridized carbons (Fsp3) is 0.111. The summed E-state index contributed by atoms with van der Waals surface area (Å²) in [4.78, 5) is 36.4. The van der Waals surface area contributed by atoms with E-state index in [4.69, 9.17) is 4.74 Å². The molecule has 174 valence electrons. The van der Waals surface area contributed by atoms with Crippen LogP contribution in [0.3, 0.4) is 0 Å². The zero-order valence-electron chi connectivity index (χ0n) is 19.1. The van der Waals surface area contributed by atoms with E-state index in [0.29, 0.717) is 32.0 Å². The van der Waals surface area contributed by atoms with Gasteiger partial charge >= 0.3 is 0 Å². The van der Waals surface area contributed by atoms with Crippen LogP contribution in [0.4, 0.5) is 5.69 Å². The Morgan fingerprint density at radius 1 is 1.06 bits per heavy atom. The number of nitrogens with one attached hydrogen (secondary N) is 1. The maximum Gasteiger partial charge on any atom is 0.271 e. The number of para-hydroxylation sites is 1. The van der Waals surface area contributed by atoms with Gasteiger partial charge in [-0.05, 0) is 60.5 Å². The van der Waals surface area contributed by atoms with E-state index in [9.17, 15) is 9.59 Å². The van der Waals surface area contributed by atoms with Crippen molar-refractivity contribution in [3.05, 3.63) is 121 Å². The molecule has 0 saturated carbocycles. The van der Waals surface area contributed by atoms with Crippen molar-refractivity contribution in [1.29, 1.82) is 0 Å². The van der Waals surface area contributed by atoms with Crippen LogP contribution in [0.1, 0.15) is 24.1 Å². The number of aromatic nitrogens is 2. The van der Waals surface area contributed by atoms with E-state index in [1.165, 1.54) is 11.3 Å². The lowest BCUT2D eigenvalue weighted by Gasteiger charge is -2.25. The Hall–Kier alpha value is -4.30. The molecule has 0 radical (unpaired) electrons. The topological polar surface area (TPSA) is 85.6 Å². The van der Waals surface area contributed by atoms with Gasteiger partial charge in [0.1, 0.15) is 5.75 Å². The largest absolute Gasteiger partial charge is 0.497 e. The third-order valence-electron chi connectivity index (χ3n) is 5.73. The van der Waals surface area contributed by atoms with Gasteiger partial charge in [0.05, 0.1) is 29.0 Å². The first-order valence-corrected chi connectivity index (χ1v) is 11.8. The Morgan fingerprint density at radius 3 is 2.46 bits per heavy atom. The SMILES string of the molecule is COc1ccc(C2C(C(=O)Nc3ccccc3)=C(C)N=c3sc(=Cc4ccncc4)c(=O)n32)cc1. The number of carbonyl (C=O) groups excluding carboxylic acids is 1. The second-order valence-electron chi connectivity index (χ2n) is 7.96. The number of rotatable bonds is 5. The van der Waals surface area contributed by atoms with Gasteiger partial charge in [-0.3, -0.25) is 19.1 Å². The number of hydrogen-bond donors (Lipinski definition) is 1. The molecule has 0 aliphatic carbocycles. The van der Waals surface area contributed by atoms with Crippen LogP contribution in [0.25, 0.3) is 6.08 Å². The summed E-state index contributed by atoms with van der Waals surface area (Å²) in [5.74, 6) is 0.386. The lowest BCUT2D eigenvalue weighted by atomic mass is 9.95. The van der Waals surface area contributed by atoms with Gasteiger partial charge < -0.3 is 10.1 Å². The maximum absolute atomic E-state index is 13.6. The molecule has 2 aromatic carbocycles. The fourth-order valence-corrected chi connectivity index (χ4v) is 5.09. The molecular formula is C27H22N4O3S. The molecule has 4 aromatic rings. The van der Waals surface area contributed by atoms with Crippen molar-refractivity contribution in [2.24, 2.45) is 4.99 Å². The van der Waals surface area contributed by atoms with Gasteiger partial charge in [0, 0.05) is 18.1 Å². The molecule has 2 aromatic heterocycles. The zero-order chi connectivity index (χ0) is 24.4. The lowest BCUT2D eigenvalue weighted by molar-refractivity contribution is -0.113. The summed E-state index contributed by atoms with van der Waals surface area (Å²) >= 11 is 1.30. The van der Waals surface area contributed by atoms with Crippen LogP contribution in [0.2, 0.25) is 0 Å². The summed E-state index contributed by atoms with van der Waals surface area (Å²) in [6.45, 7) is 1.80. The highest BCUT2D eigenvalue weighted by molar-refractivity contribution is 7.07. The number of ether oxygens (including phenoxy) is 1. The first-order valence-electron chi connectivity index (χ1n) is 11.0. The maximum atomic E-state index is 13.6. The minimum Gasteiger partial charge on any atom is -0.497 e. The fourth-order valence-electron chi connectivity index (χ4n) is 4.04. The molecule has 0 spiro atoms. The van der Waals surface area contributed by atoms with Crippen molar-refractivity contribution in [2.75, 3.05) is 12.4 Å². The van der Waals surface area contributed by atoms with E-state index in [1.54, 1.807) is 31.0 Å². The van der Waals surface area contributed by atoms with Crippen LogP contribution in [-0.4, -0.2) is 22.6 Å². The lowest BCUT2D eigenvalue weighted by Crippen LogP contribution is -2.40. The second-order valence-corrected chi connectivity index (χ2v) is 8.96. The predicted octanol–water partition coefficient (Wildman–Crippen LogP) is 3.28. The van der Waals surface area contributed by atoms with Crippen molar-refractivity contribution in [1.82, 2.24) is 9.55 Å². The Bertz CT molecular complexity index is 1590. The van der Waals surface area contributed by atoms with Crippen LogP contribution in [0.5, 0.6) is 5.75 Å². The summed E-state index contributed by atoms with van der Waals surface area (Å²) in [6.07, 6.45) is 5.18. The number of pyridine rings is 1. The average molecular weight is 483 g/mol. The van der Waals surface area contributed by atoms with Crippen LogP contribution >= 0.6 is 11.3 Å². The van der Waals surface area contributed by atoms with Crippen molar-refractivity contribution >= 4 is 29.0 Å². The van der Waals surface area contributed by atoms with Crippen molar-refractivity contribution in [3.63, 3.8) is 0 Å². The van der Waals surface area contributed by atoms with Crippen molar-refractivity contribution in [2.45, 2.75) is 13.0 Å². The molecule has 7 nitrogen and oxygen atoms in total. The molecule has 3 heterocycles. The molecule has 1 N–H and O–H groups in total. The van der Waals surface area contributed by atoms with Gasteiger partial charge in [-0.15, -0.1) is 0 Å². The van der Waals surface area contributed by atoms with E-state index < -0.39 is 6.04 Å². The quantitative estimate of drug-likeness (QED) is 0.473. The molecule has 1 aliphatic heterocycles. The van der Waals surface area contributed by atoms with E-state index in [-0.39, 0.29) is 11.5 Å². The number of nitrogens with zero attached hydrogens (tertiary/aromatic N) is 3. The van der Waals surface area contributed by atoms with Gasteiger partial charge in [0.15, 0.2) is 4.80 Å². The molecule has 1 amide bonds. The molecule has 5 rings (SSSR count). The van der Waals surface area contributed by atoms with Crippen LogP contribution in [0, 0.1) is 0 Å². The Balaban J connectivity index is 1.67. The summed E-state index contributed by atoms with van der Waals surface area (Å²) in [5, 5.41) is 2.95. The second kappa shape index (κ2) is 9.52. The number of allylic oxidation sites excluding steroid dienone is 1. The Labute approximate surface area is 205 Å². The highest BCUT2D eigenvalue weighted by Crippen LogP contribution is 2.31. The zero-order valence-corrected chi connectivity index (χ0v) is 20.0. The normalized spacial score (nSPS) is 15.4. The molecule has 35 heavy (non-hydrogen) atoms. The van der Waals surface area contributed by atoms with Gasteiger partial charge in [0.2, 0.25) is 0 Å². The molecule has 1 aliphatic rings.